The number of hydrogen-bond donors (Lipinski definition) is 2. The van der Waals surface area contributed by atoms with E-state index in [4.69, 9.17) is 0 Å². The molecule has 3 unspecified atom stereocenters. The van der Waals surface area contributed by atoms with Crippen LogP contribution in [0.2, 0.25) is 0 Å². The zero-order valence-corrected chi connectivity index (χ0v) is 18.8. The third-order valence-corrected chi connectivity index (χ3v) is 11.6. The van der Waals surface area contributed by atoms with Gasteiger partial charge in [0.15, 0.2) is 0 Å². The summed E-state index contributed by atoms with van der Waals surface area (Å²) >= 11 is 0. The van der Waals surface area contributed by atoms with Crippen LogP contribution in [0.1, 0.15) is 98.3 Å². The zero-order chi connectivity index (χ0) is 19.9. The minimum Gasteiger partial charge on any atom is -0.393 e. The van der Waals surface area contributed by atoms with E-state index in [0.717, 1.165) is 30.1 Å². The second kappa shape index (κ2) is 6.46. The van der Waals surface area contributed by atoms with Gasteiger partial charge in [-0.3, -0.25) is 0 Å². The fourth-order valence-corrected chi connectivity index (χ4v) is 10.5. The van der Waals surface area contributed by atoms with Gasteiger partial charge in [0, 0.05) is 0 Å². The van der Waals surface area contributed by atoms with Crippen LogP contribution in [0.25, 0.3) is 0 Å². The van der Waals surface area contributed by atoms with Gasteiger partial charge in [-0.25, -0.2) is 0 Å². The first-order chi connectivity index (χ1) is 13.3. The molecule has 0 bridgehead atoms. The Labute approximate surface area is 172 Å². The maximum absolute atomic E-state index is 11.3. The van der Waals surface area contributed by atoms with Crippen molar-refractivity contribution in [2.24, 2.45) is 52.3 Å². The first-order valence-corrected chi connectivity index (χ1v) is 12.7. The molecule has 0 aromatic rings. The number of fused-ring (bicyclic) bond motifs is 7. The third kappa shape index (κ3) is 2.34. The molecule has 2 nitrogen and oxygen atoms in total. The van der Waals surface area contributed by atoms with E-state index < -0.39 is 0 Å². The quantitative estimate of drug-likeness (QED) is 0.638. The molecule has 0 aromatic heterocycles. The molecule has 2 N–H and O–H groups in total. The van der Waals surface area contributed by atoms with Gasteiger partial charge in [-0.2, -0.15) is 0 Å². The summed E-state index contributed by atoms with van der Waals surface area (Å²) < 4.78 is 0. The van der Waals surface area contributed by atoms with Gasteiger partial charge in [0.2, 0.25) is 0 Å². The lowest BCUT2D eigenvalue weighted by molar-refractivity contribution is -0.144. The van der Waals surface area contributed by atoms with E-state index in [1.165, 1.54) is 64.2 Å². The standard InChI is InChI=1S/C26H44O2/c1-5-7-22-23-21-9-8-17-19-11-10-18(16(3)27)24(19,4)13-12-20(17)25(21,6-2)14-15-26(22,23)28/h16-23,27-28H,5-15H2,1-4H3/t16?,17-,18+,19-,20-,21+,22?,23?,24+,25+,26-/m0/s1. The van der Waals surface area contributed by atoms with Crippen molar-refractivity contribution < 1.29 is 10.2 Å². The van der Waals surface area contributed by atoms with Gasteiger partial charge in [0.25, 0.3) is 0 Å². The molecule has 5 rings (SSSR count). The summed E-state index contributed by atoms with van der Waals surface area (Å²) in [6, 6.07) is 0. The van der Waals surface area contributed by atoms with E-state index in [2.05, 4.69) is 20.8 Å². The summed E-state index contributed by atoms with van der Waals surface area (Å²) in [5.41, 5.74) is 0.587. The molecule has 5 aliphatic rings. The SMILES string of the molecule is CCCC1C2[C@H]3CC[C@H]4[C@@H]5CC[C@H](C(C)O)[C@@]5(C)CC[C@@H]4[C@@]3(CC)CC[C@]12O. The normalized spacial score (nSPS) is 58.3. The predicted octanol–water partition coefficient (Wildman–Crippen LogP) is 5.80. The molecule has 11 atom stereocenters. The van der Waals surface area contributed by atoms with Crippen LogP contribution in [-0.2, 0) is 0 Å². The maximum Gasteiger partial charge on any atom is 0.0714 e. The van der Waals surface area contributed by atoms with Crippen LogP contribution in [-0.4, -0.2) is 21.9 Å². The van der Waals surface area contributed by atoms with Crippen molar-refractivity contribution in [3.63, 3.8) is 0 Å². The number of aliphatic hydroxyl groups is 2. The van der Waals surface area contributed by atoms with Gasteiger partial charge < -0.3 is 10.2 Å². The molecule has 28 heavy (non-hydrogen) atoms. The maximum atomic E-state index is 11.3. The molecule has 5 aliphatic carbocycles. The third-order valence-electron chi connectivity index (χ3n) is 11.6. The lowest BCUT2D eigenvalue weighted by Gasteiger charge is -2.62. The second-order valence-corrected chi connectivity index (χ2v) is 12.0. The highest BCUT2D eigenvalue weighted by Gasteiger charge is 2.73. The minimum absolute atomic E-state index is 0.144. The van der Waals surface area contributed by atoms with Crippen LogP contribution >= 0.6 is 0 Å². The number of aliphatic hydroxyl groups excluding tert-OH is 1. The van der Waals surface area contributed by atoms with Gasteiger partial charge >= 0.3 is 0 Å². The second-order valence-electron chi connectivity index (χ2n) is 12.0. The van der Waals surface area contributed by atoms with Crippen molar-refractivity contribution in [2.45, 2.75) is 110 Å². The lowest BCUT2D eigenvalue weighted by Crippen LogP contribution is -2.55. The Morgan fingerprint density at radius 1 is 0.929 bits per heavy atom. The van der Waals surface area contributed by atoms with Crippen molar-refractivity contribution >= 4 is 0 Å². The average Bonchev–Trinajstić information content (AvgIpc) is 3.08. The Kier molecular flexibility index (Phi) is 4.58. The van der Waals surface area contributed by atoms with Crippen LogP contribution in [0.4, 0.5) is 0 Å². The van der Waals surface area contributed by atoms with Crippen LogP contribution in [0.15, 0.2) is 0 Å². The zero-order valence-electron chi connectivity index (χ0n) is 18.8. The largest absolute Gasteiger partial charge is 0.393 e. The molecule has 0 aromatic carbocycles. The van der Waals surface area contributed by atoms with Crippen LogP contribution in [0, 0.1) is 52.3 Å². The molecular formula is C26H44O2. The molecule has 0 amide bonds. The summed E-state index contributed by atoms with van der Waals surface area (Å²) in [6.07, 6.45) is 14.1. The van der Waals surface area contributed by atoms with E-state index in [0.29, 0.717) is 28.6 Å². The molecule has 0 heterocycles. The Morgan fingerprint density at radius 3 is 2.36 bits per heavy atom. The predicted molar refractivity (Wildman–Crippen MR) is 114 cm³/mol. The Balaban J connectivity index is 1.44. The van der Waals surface area contributed by atoms with Crippen molar-refractivity contribution in [1.82, 2.24) is 0 Å². The molecule has 5 fully saturated rings. The summed E-state index contributed by atoms with van der Waals surface area (Å²) in [6.45, 7) is 9.33. The number of rotatable bonds is 4. The van der Waals surface area contributed by atoms with Gasteiger partial charge in [-0.1, -0.05) is 27.2 Å². The van der Waals surface area contributed by atoms with Gasteiger partial charge in [0.05, 0.1) is 11.7 Å². The van der Waals surface area contributed by atoms with Gasteiger partial charge in [-0.05, 0) is 123 Å². The smallest absolute Gasteiger partial charge is 0.0714 e. The average molecular weight is 389 g/mol. The van der Waals surface area contributed by atoms with Crippen molar-refractivity contribution in [2.75, 3.05) is 0 Å². The van der Waals surface area contributed by atoms with Crippen molar-refractivity contribution in [3.05, 3.63) is 0 Å². The summed E-state index contributed by atoms with van der Waals surface area (Å²) in [4.78, 5) is 0. The van der Waals surface area contributed by atoms with E-state index in [1.807, 2.05) is 6.92 Å². The van der Waals surface area contributed by atoms with Crippen molar-refractivity contribution in [3.8, 4) is 0 Å². The van der Waals surface area contributed by atoms with E-state index in [1.54, 1.807) is 0 Å². The Hall–Kier alpha value is -0.0800. The van der Waals surface area contributed by atoms with Crippen LogP contribution < -0.4 is 0 Å². The molecule has 0 saturated heterocycles. The van der Waals surface area contributed by atoms with Gasteiger partial charge in [0.1, 0.15) is 0 Å². The highest BCUT2D eigenvalue weighted by atomic mass is 16.3. The van der Waals surface area contributed by atoms with Crippen LogP contribution in [0.5, 0.6) is 0 Å². The monoisotopic (exact) mass is 388 g/mol. The molecule has 5 saturated carbocycles. The summed E-state index contributed by atoms with van der Waals surface area (Å²) in [7, 11) is 0. The fourth-order valence-electron chi connectivity index (χ4n) is 10.5. The first-order valence-electron chi connectivity index (χ1n) is 12.7. The highest BCUT2D eigenvalue weighted by molar-refractivity contribution is 5.23. The topological polar surface area (TPSA) is 40.5 Å². The van der Waals surface area contributed by atoms with Crippen molar-refractivity contribution in [1.29, 1.82) is 0 Å². The molecule has 0 radical (unpaired) electrons. The van der Waals surface area contributed by atoms with Gasteiger partial charge in [-0.15, -0.1) is 0 Å². The molecule has 160 valence electrons. The Morgan fingerprint density at radius 2 is 1.68 bits per heavy atom. The summed E-state index contributed by atoms with van der Waals surface area (Å²) in [5.74, 6) is 5.12. The van der Waals surface area contributed by atoms with E-state index in [9.17, 15) is 10.2 Å². The first kappa shape index (κ1) is 19.9. The minimum atomic E-state index is -0.292. The fraction of sp³-hybridized carbons (Fsp3) is 1.00. The number of hydrogen-bond acceptors (Lipinski definition) is 2. The van der Waals surface area contributed by atoms with E-state index in [-0.39, 0.29) is 11.7 Å². The van der Waals surface area contributed by atoms with Crippen LogP contribution in [0.3, 0.4) is 0 Å². The lowest BCUT2D eigenvalue weighted by atomic mass is 9.43. The van der Waals surface area contributed by atoms with E-state index >= 15 is 0 Å². The molecule has 0 aliphatic heterocycles. The molecule has 0 spiro atoms. The summed E-state index contributed by atoms with van der Waals surface area (Å²) in [5, 5.41) is 21.8. The highest BCUT2D eigenvalue weighted by Crippen LogP contribution is 2.75. The molecule has 2 heteroatoms. The molecular weight excluding hydrogens is 344 g/mol. The Bertz CT molecular complexity index is 616.